The lowest BCUT2D eigenvalue weighted by atomic mass is 10.3. The van der Waals surface area contributed by atoms with Crippen molar-refractivity contribution in [2.45, 2.75) is 19.8 Å². The van der Waals surface area contributed by atoms with Crippen LogP contribution in [-0.2, 0) is 23.7 Å². The van der Waals surface area contributed by atoms with Crippen molar-refractivity contribution in [1.82, 2.24) is 10.6 Å². The molecule has 2 N–H and O–H groups in total. The second-order valence-electron chi connectivity index (χ2n) is 4.98. The smallest absolute Gasteiger partial charge is 0.314 e. The standard InChI is InChI=1S/C16H34N2O6/c1-3-4-5-17-16(19)18-6-7-21-10-11-23-14-15-24-13-12-22-9-8-20-2/h3-15H2,1-2H3,(H2,17,18,19). The van der Waals surface area contributed by atoms with Crippen LogP contribution >= 0.6 is 0 Å². The van der Waals surface area contributed by atoms with Crippen LogP contribution in [0.15, 0.2) is 0 Å². The number of methoxy groups -OCH3 is 1. The number of carbonyl (C=O) groups excluding carboxylic acids is 1. The summed E-state index contributed by atoms with van der Waals surface area (Å²) in [6.45, 7) is 8.12. The SMILES string of the molecule is CCCCNC(=O)NCCOCCOCCOCCOCCOC. The van der Waals surface area contributed by atoms with Crippen LogP contribution in [0, 0.1) is 0 Å². The summed E-state index contributed by atoms with van der Waals surface area (Å²) in [5.41, 5.74) is 0. The summed E-state index contributed by atoms with van der Waals surface area (Å²) in [6, 6.07) is -0.147. The van der Waals surface area contributed by atoms with Gasteiger partial charge in [-0.25, -0.2) is 4.79 Å². The highest BCUT2D eigenvalue weighted by Gasteiger charge is 1.97. The Hall–Kier alpha value is -0.930. The van der Waals surface area contributed by atoms with E-state index in [9.17, 15) is 4.79 Å². The van der Waals surface area contributed by atoms with E-state index in [2.05, 4.69) is 17.6 Å². The number of hydrogen-bond acceptors (Lipinski definition) is 6. The molecule has 0 rings (SSSR count). The van der Waals surface area contributed by atoms with Crippen LogP contribution in [0.5, 0.6) is 0 Å². The zero-order chi connectivity index (χ0) is 17.7. The lowest BCUT2D eigenvalue weighted by Crippen LogP contribution is -2.37. The average molecular weight is 350 g/mol. The molecule has 0 aliphatic rings. The Labute approximate surface area is 145 Å². The second kappa shape index (κ2) is 20.1. The van der Waals surface area contributed by atoms with E-state index >= 15 is 0 Å². The Kier molecular flexibility index (Phi) is 19.3. The van der Waals surface area contributed by atoms with E-state index in [0.717, 1.165) is 12.8 Å². The fourth-order valence-corrected chi connectivity index (χ4v) is 1.58. The van der Waals surface area contributed by atoms with E-state index in [-0.39, 0.29) is 6.03 Å². The normalized spacial score (nSPS) is 10.8. The van der Waals surface area contributed by atoms with Gasteiger partial charge in [-0.05, 0) is 6.42 Å². The van der Waals surface area contributed by atoms with Crippen LogP contribution in [0.3, 0.4) is 0 Å². The van der Waals surface area contributed by atoms with Gasteiger partial charge in [0.1, 0.15) is 0 Å². The molecule has 0 unspecified atom stereocenters. The fourth-order valence-electron chi connectivity index (χ4n) is 1.58. The third-order valence-electron chi connectivity index (χ3n) is 2.90. The van der Waals surface area contributed by atoms with Crippen molar-refractivity contribution < 1.29 is 28.5 Å². The molecule has 8 heteroatoms. The molecule has 0 aromatic carbocycles. The summed E-state index contributed by atoms with van der Waals surface area (Å²) < 4.78 is 26.2. The summed E-state index contributed by atoms with van der Waals surface area (Å²) in [4.78, 5) is 11.3. The molecule has 0 saturated carbocycles. The molecular weight excluding hydrogens is 316 g/mol. The Bertz CT molecular complexity index is 269. The van der Waals surface area contributed by atoms with E-state index in [4.69, 9.17) is 23.7 Å². The topological polar surface area (TPSA) is 87.3 Å². The predicted molar refractivity (Wildman–Crippen MR) is 91.5 cm³/mol. The summed E-state index contributed by atoms with van der Waals surface area (Å²) in [5, 5.41) is 5.50. The number of amides is 2. The van der Waals surface area contributed by atoms with Crippen molar-refractivity contribution in [2.75, 3.05) is 79.7 Å². The van der Waals surface area contributed by atoms with Crippen LogP contribution in [0.4, 0.5) is 4.79 Å². The summed E-state index contributed by atoms with van der Waals surface area (Å²) >= 11 is 0. The van der Waals surface area contributed by atoms with Gasteiger partial charge in [0.2, 0.25) is 0 Å². The first kappa shape index (κ1) is 23.1. The van der Waals surface area contributed by atoms with Crippen molar-refractivity contribution in [3.05, 3.63) is 0 Å². The number of nitrogens with one attached hydrogen (secondary N) is 2. The van der Waals surface area contributed by atoms with E-state index in [0.29, 0.717) is 72.6 Å². The molecule has 0 saturated heterocycles. The highest BCUT2D eigenvalue weighted by Crippen LogP contribution is 1.84. The lowest BCUT2D eigenvalue weighted by Gasteiger charge is -2.08. The zero-order valence-corrected chi connectivity index (χ0v) is 15.1. The van der Waals surface area contributed by atoms with Gasteiger partial charge >= 0.3 is 6.03 Å². The van der Waals surface area contributed by atoms with Crippen LogP contribution in [-0.4, -0.2) is 85.7 Å². The second-order valence-corrected chi connectivity index (χ2v) is 4.98. The van der Waals surface area contributed by atoms with Gasteiger partial charge in [-0.2, -0.15) is 0 Å². The molecule has 2 amide bonds. The lowest BCUT2D eigenvalue weighted by molar-refractivity contribution is -0.00738. The molecule has 144 valence electrons. The van der Waals surface area contributed by atoms with Crippen molar-refractivity contribution >= 4 is 6.03 Å². The molecule has 0 fully saturated rings. The van der Waals surface area contributed by atoms with Crippen LogP contribution in [0.2, 0.25) is 0 Å². The molecule has 0 bridgehead atoms. The molecule has 0 aromatic rings. The Morgan fingerprint density at radius 1 is 0.708 bits per heavy atom. The zero-order valence-electron chi connectivity index (χ0n) is 15.1. The minimum atomic E-state index is -0.147. The first-order valence-corrected chi connectivity index (χ1v) is 8.62. The molecule has 0 aliphatic carbocycles. The average Bonchev–Trinajstić information content (AvgIpc) is 2.58. The maximum atomic E-state index is 11.3. The van der Waals surface area contributed by atoms with Crippen LogP contribution < -0.4 is 10.6 Å². The number of unbranched alkanes of at least 4 members (excludes halogenated alkanes) is 1. The molecular formula is C16H34N2O6. The van der Waals surface area contributed by atoms with Crippen LogP contribution in [0.25, 0.3) is 0 Å². The van der Waals surface area contributed by atoms with Gasteiger partial charge < -0.3 is 34.3 Å². The summed E-state index contributed by atoms with van der Waals surface area (Å²) in [7, 11) is 1.64. The number of carbonyl (C=O) groups is 1. The molecule has 0 atom stereocenters. The highest BCUT2D eigenvalue weighted by atomic mass is 16.6. The molecule has 8 nitrogen and oxygen atoms in total. The monoisotopic (exact) mass is 350 g/mol. The highest BCUT2D eigenvalue weighted by molar-refractivity contribution is 5.73. The van der Waals surface area contributed by atoms with Gasteiger partial charge in [0, 0.05) is 20.2 Å². The molecule has 0 spiro atoms. The maximum absolute atomic E-state index is 11.3. The van der Waals surface area contributed by atoms with Gasteiger partial charge in [0.05, 0.1) is 59.5 Å². The van der Waals surface area contributed by atoms with Crippen molar-refractivity contribution in [2.24, 2.45) is 0 Å². The largest absolute Gasteiger partial charge is 0.382 e. The maximum Gasteiger partial charge on any atom is 0.314 e. The van der Waals surface area contributed by atoms with E-state index in [1.807, 2.05) is 0 Å². The van der Waals surface area contributed by atoms with Crippen molar-refractivity contribution in [1.29, 1.82) is 0 Å². The van der Waals surface area contributed by atoms with Gasteiger partial charge in [-0.3, -0.25) is 0 Å². The van der Waals surface area contributed by atoms with Gasteiger partial charge in [0.25, 0.3) is 0 Å². The minimum Gasteiger partial charge on any atom is -0.382 e. The Balaban J connectivity index is 3.06. The van der Waals surface area contributed by atoms with E-state index in [1.54, 1.807) is 7.11 Å². The van der Waals surface area contributed by atoms with E-state index in [1.165, 1.54) is 0 Å². The fraction of sp³-hybridized carbons (Fsp3) is 0.938. The van der Waals surface area contributed by atoms with Gasteiger partial charge in [0.15, 0.2) is 0 Å². The first-order chi connectivity index (χ1) is 11.8. The molecule has 0 heterocycles. The van der Waals surface area contributed by atoms with E-state index < -0.39 is 0 Å². The Morgan fingerprint density at radius 3 is 1.67 bits per heavy atom. The van der Waals surface area contributed by atoms with Gasteiger partial charge in [-0.1, -0.05) is 13.3 Å². The third kappa shape index (κ3) is 19.1. The summed E-state index contributed by atoms with van der Waals surface area (Å²) in [5.74, 6) is 0. The molecule has 0 aliphatic heterocycles. The molecule has 0 aromatic heterocycles. The molecule has 0 radical (unpaired) electrons. The van der Waals surface area contributed by atoms with Crippen molar-refractivity contribution in [3.63, 3.8) is 0 Å². The predicted octanol–water partition coefficient (Wildman–Crippen LogP) is 0.799. The number of rotatable bonds is 18. The van der Waals surface area contributed by atoms with Gasteiger partial charge in [-0.15, -0.1) is 0 Å². The first-order valence-electron chi connectivity index (χ1n) is 8.62. The van der Waals surface area contributed by atoms with Crippen molar-refractivity contribution in [3.8, 4) is 0 Å². The number of ether oxygens (including phenoxy) is 5. The third-order valence-corrected chi connectivity index (χ3v) is 2.90. The minimum absolute atomic E-state index is 0.147. The number of hydrogen-bond donors (Lipinski definition) is 2. The van der Waals surface area contributed by atoms with Crippen LogP contribution in [0.1, 0.15) is 19.8 Å². The number of urea groups is 1. The quantitative estimate of drug-likeness (QED) is 0.356. The Morgan fingerprint density at radius 2 is 1.17 bits per heavy atom. The molecule has 24 heavy (non-hydrogen) atoms. The summed E-state index contributed by atoms with van der Waals surface area (Å²) in [6.07, 6.45) is 2.06.